The topological polar surface area (TPSA) is 86.7 Å². The molecular formula is C5H6N2O4. The molecule has 1 atom stereocenters. The van der Waals surface area contributed by atoms with Gasteiger partial charge in [0.1, 0.15) is 0 Å². The summed E-state index contributed by atoms with van der Waals surface area (Å²) in [6.07, 6.45) is 0. The maximum Gasteiger partial charge on any atom is 0.336 e. The maximum atomic E-state index is 10.7. The van der Waals surface area contributed by atoms with E-state index in [9.17, 15) is 14.4 Å². The number of hydrogen-bond donors (Lipinski definition) is 2. The van der Waals surface area contributed by atoms with E-state index in [1.807, 2.05) is 5.32 Å². The van der Waals surface area contributed by atoms with Crippen LogP contribution >= 0.6 is 0 Å². The Morgan fingerprint density at radius 1 is 1.64 bits per heavy atom. The molecule has 0 aromatic rings. The number of rotatable bonds is 1. The van der Waals surface area contributed by atoms with Crippen LogP contribution in [-0.2, 0) is 9.59 Å². The quantitative estimate of drug-likeness (QED) is 0.363. The minimum absolute atomic E-state index is 0.678. The lowest BCUT2D eigenvalue weighted by Crippen LogP contribution is -2.38. The monoisotopic (exact) mass is 158 g/mol. The number of carboxylic acids is 1. The van der Waals surface area contributed by atoms with Gasteiger partial charge in [0.05, 0.1) is 0 Å². The van der Waals surface area contributed by atoms with Crippen LogP contribution in [0.2, 0.25) is 0 Å². The van der Waals surface area contributed by atoms with Gasteiger partial charge in [0.15, 0.2) is 0 Å². The summed E-state index contributed by atoms with van der Waals surface area (Å²) in [7, 11) is 1.25. The number of amides is 3. The first-order chi connectivity index (χ1) is 5.04. The number of likely N-dealkylation sites (N-methyl/N-ethyl adjacent to an activating group) is 1. The highest BCUT2D eigenvalue weighted by Crippen LogP contribution is 2.04. The smallest absolute Gasteiger partial charge is 0.336 e. The van der Waals surface area contributed by atoms with E-state index in [4.69, 9.17) is 5.11 Å². The predicted molar refractivity (Wildman–Crippen MR) is 32.7 cm³/mol. The Bertz CT molecular complexity index is 237. The van der Waals surface area contributed by atoms with Gasteiger partial charge in [0.2, 0.25) is 6.04 Å². The average molecular weight is 158 g/mol. The van der Waals surface area contributed by atoms with Crippen molar-refractivity contribution in [3.05, 3.63) is 0 Å². The molecular weight excluding hydrogens is 152 g/mol. The molecule has 60 valence electrons. The third-order valence-electron chi connectivity index (χ3n) is 1.42. The van der Waals surface area contributed by atoms with Crippen LogP contribution < -0.4 is 5.32 Å². The highest BCUT2D eigenvalue weighted by Gasteiger charge is 2.40. The largest absolute Gasteiger partial charge is 0.479 e. The Balaban J connectivity index is 2.88. The van der Waals surface area contributed by atoms with E-state index >= 15 is 0 Å². The molecule has 0 saturated carbocycles. The van der Waals surface area contributed by atoms with Gasteiger partial charge in [0.25, 0.3) is 5.91 Å². The van der Waals surface area contributed by atoms with Gasteiger partial charge in [-0.2, -0.15) is 0 Å². The van der Waals surface area contributed by atoms with Gasteiger partial charge in [0, 0.05) is 7.05 Å². The summed E-state index contributed by atoms with van der Waals surface area (Å²) in [6, 6.07) is -2.05. The Labute approximate surface area is 61.8 Å². The number of urea groups is 1. The first-order valence-electron chi connectivity index (χ1n) is 2.84. The predicted octanol–water partition coefficient (Wildman–Crippen LogP) is -1.38. The molecule has 0 radical (unpaired) electrons. The number of hydrogen-bond acceptors (Lipinski definition) is 3. The van der Waals surface area contributed by atoms with Gasteiger partial charge in [-0.05, 0) is 0 Å². The molecule has 1 rings (SSSR count). The van der Waals surface area contributed by atoms with E-state index in [0.29, 0.717) is 0 Å². The Kier molecular flexibility index (Phi) is 1.52. The second-order valence-corrected chi connectivity index (χ2v) is 2.15. The lowest BCUT2D eigenvalue weighted by atomic mass is 10.3. The minimum atomic E-state index is -1.37. The molecule has 0 spiro atoms. The summed E-state index contributed by atoms with van der Waals surface area (Å²) in [6.45, 7) is 0. The second-order valence-electron chi connectivity index (χ2n) is 2.15. The Morgan fingerprint density at radius 2 is 2.18 bits per heavy atom. The first-order valence-corrected chi connectivity index (χ1v) is 2.84. The van der Waals surface area contributed by atoms with Crippen LogP contribution in [0.3, 0.4) is 0 Å². The first kappa shape index (κ1) is 7.52. The summed E-state index contributed by atoms with van der Waals surface area (Å²) >= 11 is 0. The number of aliphatic carboxylic acids is 1. The van der Waals surface area contributed by atoms with Crippen LogP contribution in [0.1, 0.15) is 0 Å². The molecule has 1 fully saturated rings. The molecule has 0 aromatic carbocycles. The van der Waals surface area contributed by atoms with Gasteiger partial charge in [-0.15, -0.1) is 0 Å². The van der Waals surface area contributed by atoms with Crippen molar-refractivity contribution in [1.29, 1.82) is 0 Å². The van der Waals surface area contributed by atoms with Gasteiger partial charge < -0.3 is 10.0 Å². The van der Waals surface area contributed by atoms with Crippen molar-refractivity contribution >= 4 is 17.9 Å². The lowest BCUT2D eigenvalue weighted by Gasteiger charge is -2.10. The zero-order valence-corrected chi connectivity index (χ0v) is 5.70. The number of imide groups is 1. The zero-order chi connectivity index (χ0) is 8.59. The molecule has 1 heterocycles. The van der Waals surface area contributed by atoms with E-state index < -0.39 is 23.9 Å². The minimum Gasteiger partial charge on any atom is -0.479 e. The summed E-state index contributed by atoms with van der Waals surface area (Å²) in [5.41, 5.74) is 0. The Hall–Kier alpha value is -1.59. The summed E-state index contributed by atoms with van der Waals surface area (Å²) in [4.78, 5) is 32.5. The molecule has 1 saturated heterocycles. The van der Waals surface area contributed by atoms with Crippen molar-refractivity contribution in [2.75, 3.05) is 7.05 Å². The molecule has 0 aromatic heterocycles. The van der Waals surface area contributed by atoms with E-state index in [1.165, 1.54) is 7.05 Å². The highest BCUT2D eigenvalue weighted by atomic mass is 16.4. The fourth-order valence-corrected chi connectivity index (χ4v) is 0.833. The average Bonchev–Trinajstić information content (AvgIpc) is 2.07. The van der Waals surface area contributed by atoms with Gasteiger partial charge in [-0.25, -0.2) is 9.59 Å². The fraction of sp³-hybridized carbons (Fsp3) is 0.400. The second kappa shape index (κ2) is 2.22. The molecule has 1 unspecified atom stereocenters. The third-order valence-corrected chi connectivity index (χ3v) is 1.42. The van der Waals surface area contributed by atoms with Gasteiger partial charge >= 0.3 is 12.0 Å². The van der Waals surface area contributed by atoms with E-state index in [1.54, 1.807) is 0 Å². The summed E-state index contributed by atoms with van der Waals surface area (Å²) in [5.74, 6) is -2.11. The SMILES string of the molecule is CN1C(=O)NC(=O)C1C(=O)O. The van der Waals surface area contributed by atoms with Crippen molar-refractivity contribution < 1.29 is 19.5 Å². The molecule has 6 nitrogen and oxygen atoms in total. The Morgan fingerprint density at radius 3 is 2.36 bits per heavy atom. The number of carbonyl (C=O) groups excluding carboxylic acids is 2. The lowest BCUT2D eigenvalue weighted by molar-refractivity contribution is -0.144. The molecule has 1 aliphatic heterocycles. The zero-order valence-electron chi connectivity index (χ0n) is 5.70. The van der Waals surface area contributed by atoms with Crippen LogP contribution in [0.25, 0.3) is 0 Å². The fourth-order valence-electron chi connectivity index (χ4n) is 0.833. The van der Waals surface area contributed by atoms with E-state index in [2.05, 4.69) is 0 Å². The normalized spacial score (nSPS) is 23.7. The van der Waals surface area contributed by atoms with Crippen LogP contribution in [-0.4, -0.2) is 41.0 Å². The van der Waals surface area contributed by atoms with E-state index in [0.717, 1.165) is 4.90 Å². The molecule has 1 aliphatic rings. The highest BCUT2D eigenvalue weighted by molar-refractivity contribution is 6.14. The van der Waals surface area contributed by atoms with Crippen molar-refractivity contribution in [3.8, 4) is 0 Å². The van der Waals surface area contributed by atoms with Gasteiger partial charge in [-0.1, -0.05) is 0 Å². The van der Waals surface area contributed by atoms with Crippen molar-refractivity contribution in [2.24, 2.45) is 0 Å². The van der Waals surface area contributed by atoms with Crippen molar-refractivity contribution in [2.45, 2.75) is 6.04 Å². The standard InChI is InChI=1S/C5H6N2O4/c1-7-2(4(9)10)3(8)6-5(7)11/h2H,1H3,(H,9,10)(H,6,8,11). The molecule has 0 aliphatic carbocycles. The third kappa shape index (κ3) is 1.02. The van der Waals surface area contributed by atoms with Crippen LogP contribution in [0.5, 0.6) is 0 Å². The van der Waals surface area contributed by atoms with Crippen molar-refractivity contribution in [3.63, 3.8) is 0 Å². The molecule has 6 heteroatoms. The molecule has 11 heavy (non-hydrogen) atoms. The van der Waals surface area contributed by atoms with E-state index in [-0.39, 0.29) is 0 Å². The van der Waals surface area contributed by atoms with Crippen LogP contribution in [0.4, 0.5) is 4.79 Å². The van der Waals surface area contributed by atoms with Crippen molar-refractivity contribution in [1.82, 2.24) is 10.2 Å². The summed E-state index contributed by atoms with van der Waals surface area (Å²) in [5, 5.41) is 10.3. The summed E-state index contributed by atoms with van der Waals surface area (Å²) < 4.78 is 0. The van der Waals surface area contributed by atoms with Crippen LogP contribution in [0.15, 0.2) is 0 Å². The number of nitrogens with one attached hydrogen (secondary N) is 1. The molecule has 3 amide bonds. The molecule has 0 bridgehead atoms. The number of nitrogens with zero attached hydrogens (tertiary/aromatic N) is 1. The maximum absolute atomic E-state index is 10.7. The number of carbonyl (C=O) groups is 3. The van der Waals surface area contributed by atoms with Crippen LogP contribution in [0, 0.1) is 0 Å². The number of carboxylic acid groups (broad SMARTS) is 1. The van der Waals surface area contributed by atoms with Gasteiger partial charge in [-0.3, -0.25) is 10.1 Å². The molecule has 2 N–H and O–H groups in total.